The zero-order valence-corrected chi connectivity index (χ0v) is 15.4. The number of anilines is 1. The van der Waals surface area contributed by atoms with Gasteiger partial charge in [-0.25, -0.2) is 15.4 Å². The minimum Gasteiger partial charge on any atom is -0.381 e. The molecule has 0 spiro atoms. The van der Waals surface area contributed by atoms with Crippen LogP contribution in [0.2, 0.25) is 0 Å². The summed E-state index contributed by atoms with van der Waals surface area (Å²) in [5.41, 5.74) is 5.29. The van der Waals surface area contributed by atoms with Gasteiger partial charge in [0.15, 0.2) is 11.6 Å². The van der Waals surface area contributed by atoms with Crippen LogP contribution in [-0.2, 0) is 20.9 Å². The normalized spacial score (nSPS) is 17.0. The molecule has 1 aliphatic rings. The number of nitrogens with zero attached hydrogens (tertiary/aromatic N) is 2. The quantitative estimate of drug-likeness (QED) is 0.636. The fraction of sp³-hybridized carbons (Fsp3) is 0.368. The Morgan fingerprint density at radius 1 is 1.27 bits per heavy atom. The van der Waals surface area contributed by atoms with E-state index in [0.29, 0.717) is 30.8 Å². The Bertz CT molecular complexity index is 863. The van der Waals surface area contributed by atoms with Gasteiger partial charge in [0.05, 0.1) is 18.6 Å². The van der Waals surface area contributed by atoms with E-state index >= 15 is 0 Å². The van der Waals surface area contributed by atoms with E-state index in [0.717, 1.165) is 41.0 Å². The molecule has 1 unspecified atom stereocenters. The molecule has 3 aromatic rings. The molecule has 3 heterocycles. The van der Waals surface area contributed by atoms with Gasteiger partial charge in [-0.15, -0.1) is 11.3 Å². The van der Waals surface area contributed by atoms with Gasteiger partial charge >= 0.3 is 0 Å². The summed E-state index contributed by atoms with van der Waals surface area (Å²) in [5.74, 6) is 1.74. The van der Waals surface area contributed by atoms with Crippen LogP contribution in [0, 0.1) is 5.92 Å². The predicted molar refractivity (Wildman–Crippen MR) is 102 cm³/mol. The molecular weight excluding hydrogens is 350 g/mol. The van der Waals surface area contributed by atoms with Crippen LogP contribution in [0.4, 0.5) is 5.82 Å². The van der Waals surface area contributed by atoms with Crippen molar-refractivity contribution in [3.63, 3.8) is 0 Å². The van der Waals surface area contributed by atoms with Crippen LogP contribution >= 0.6 is 11.3 Å². The van der Waals surface area contributed by atoms with Gasteiger partial charge in [-0.05, 0) is 12.0 Å². The van der Waals surface area contributed by atoms with Gasteiger partial charge in [0.2, 0.25) is 0 Å². The molecule has 1 aliphatic heterocycles. The van der Waals surface area contributed by atoms with Gasteiger partial charge in [0.1, 0.15) is 11.4 Å². The molecule has 1 fully saturated rings. The minimum absolute atomic E-state index is 0.361. The van der Waals surface area contributed by atoms with Crippen molar-refractivity contribution in [1.82, 2.24) is 9.97 Å². The second-order valence-electron chi connectivity index (χ2n) is 6.26. The van der Waals surface area contributed by atoms with E-state index in [-0.39, 0.29) is 0 Å². The third kappa shape index (κ3) is 3.71. The van der Waals surface area contributed by atoms with Gasteiger partial charge in [-0.2, -0.15) is 0 Å². The highest BCUT2D eigenvalue weighted by atomic mass is 32.1. The van der Waals surface area contributed by atoms with E-state index in [1.807, 2.05) is 18.2 Å². The minimum atomic E-state index is 0.361. The molecule has 0 amide bonds. The second kappa shape index (κ2) is 8.09. The highest BCUT2D eigenvalue weighted by Crippen LogP contribution is 2.37. The molecule has 2 aromatic heterocycles. The zero-order chi connectivity index (χ0) is 17.8. The van der Waals surface area contributed by atoms with Crippen molar-refractivity contribution >= 4 is 27.4 Å². The molecular formula is C19H21N3O3S. The molecule has 1 N–H and O–H groups in total. The Labute approximate surface area is 156 Å². The van der Waals surface area contributed by atoms with Gasteiger partial charge in [0, 0.05) is 30.6 Å². The Kier molecular flexibility index (Phi) is 5.40. The van der Waals surface area contributed by atoms with E-state index in [4.69, 9.17) is 14.3 Å². The molecule has 0 radical (unpaired) electrons. The molecule has 4 rings (SSSR count). The second-order valence-corrected chi connectivity index (χ2v) is 7.12. The van der Waals surface area contributed by atoms with E-state index in [1.165, 1.54) is 0 Å². The standard InChI is InChI=1S/C19H21N3O3S/c1-23-11-16-20-18(22-25-10-13-7-8-24-9-13)17-15(12-26-19(17)21-16)14-5-3-2-4-6-14/h2-6,12-13H,7-11H2,1H3,(H,20,21,22). The summed E-state index contributed by atoms with van der Waals surface area (Å²) in [7, 11) is 1.64. The number of ether oxygens (including phenoxy) is 2. The lowest BCUT2D eigenvalue weighted by atomic mass is 10.1. The first-order chi connectivity index (χ1) is 12.8. The first-order valence-electron chi connectivity index (χ1n) is 8.63. The van der Waals surface area contributed by atoms with Crippen molar-refractivity contribution in [2.24, 2.45) is 5.92 Å². The highest BCUT2D eigenvalue weighted by Gasteiger charge is 2.18. The van der Waals surface area contributed by atoms with Crippen molar-refractivity contribution in [2.45, 2.75) is 13.0 Å². The number of aromatic nitrogens is 2. The first kappa shape index (κ1) is 17.4. The smallest absolute Gasteiger partial charge is 0.162 e. The Morgan fingerprint density at radius 2 is 2.15 bits per heavy atom. The highest BCUT2D eigenvalue weighted by molar-refractivity contribution is 7.17. The Balaban J connectivity index is 1.66. The summed E-state index contributed by atoms with van der Waals surface area (Å²) in [6, 6.07) is 10.2. The monoisotopic (exact) mass is 371 g/mol. The number of hydrogen-bond donors (Lipinski definition) is 1. The number of thiophene rings is 1. The summed E-state index contributed by atoms with van der Waals surface area (Å²) in [6.07, 6.45) is 1.03. The number of rotatable bonds is 7. The number of methoxy groups -OCH3 is 1. The lowest BCUT2D eigenvalue weighted by molar-refractivity contribution is 0.126. The van der Waals surface area contributed by atoms with Crippen LogP contribution in [0.5, 0.6) is 0 Å². The average Bonchev–Trinajstić information content (AvgIpc) is 3.32. The summed E-state index contributed by atoms with van der Waals surface area (Å²) < 4.78 is 10.6. The molecule has 7 heteroatoms. The van der Waals surface area contributed by atoms with Crippen molar-refractivity contribution in [2.75, 3.05) is 32.4 Å². The largest absolute Gasteiger partial charge is 0.381 e. The van der Waals surface area contributed by atoms with Crippen LogP contribution in [0.3, 0.4) is 0 Å². The lowest BCUT2D eigenvalue weighted by Crippen LogP contribution is -2.14. The van der Waals surface area contributed by atoms with Gasteiger partial charge in [0.25, 0.3) is 0 Å². The van der Waals surface area contributed by atoms with E-state index in [2.05, 4.69) is 33.0 Å². The summed E-state index contributed by atoms with van der Waals surface area (Å²) in [4.78, 5) is 15.9. The maximum absolute atomic E-state index is 5.75. The third-order valence-electron chi connectivity index (χ3n) is 4.35. The fourth-order valence-electron chi connectivity index (χ4n) is 3.03. The third-order valence-corrected chi connectivity index (χ3v) is 5.22. The van der Waals surface area contributed by atoms with Gasteiger partial charge < -0.3 is 9.47 Å². The van der Waals surface area contributed by atoms with Gasteiger partial charge in [-0.3, -0.25) is 4.84 Å². The van der Waals surface area contributed by atoms with Gasteiger partial charge in [-0.1, -0.05) is 30.3 Å². The molecule has 1 atom stereocenters. The maximum Gasteiger partial charge on any atom is 0.162 e. The van der Waals surface area contributed by atoms with Crippen LogP contribution in [-0.4, -0.2) is 36.9 Å². The molecule has 136 valence electrons. The molecule has 0 bridgehead atoms. The van der Waals surface area contributed by atoms with Crippen LogP contribution in [0.25, 0.3) is 21.3 Å². The maximum atomic E-state index is 5.75. The fourth-order valence-corrected chi connectivity index (χ4v) is 3.99. The van der Waals surface area contributed by atoms with E-state index in [9.17, 15) is 0 Å². The van der Waals surface area contributed by atoms with Crippen LogP contribution < -0.4 is 5.48 Å². The molecule has 26 heavy (non-hydrogen) atoms. The molecule has 0 aliphatic carbocycles. The number of nitrogens with one attached hydrogen (secondary N) is 1. The molecule has 6 nitrogen and oxygen atoms in total. The van der Waals surface area contributed by atoms with Crippen molar-refractivity contribution < 1.29 is 14.3 Å². The van der Waals surface area contributed by atoms with E-state index in [1.54, 1.807) is 18.4 Å². The number of hydrogen-bond acceptors (Lipinski definition) is 7. The summed E-state index contributed by atoms with van der Waals surface area (Å²) >= 11 is 1.60. The number of benzene rings is 1. The SMILES string of the molecule is COCc1nc(NOCC2CCOC2)c2c(-c3ccccc3)csc2n1. The topological polar surface area (TPSA) is 65.5 Å². The summed E-state index contributed by atoms with van der Waals surface area (Å²) in [5, 5.41) is 3.09. The Hall–Kier alpha value is -2.06. The molecule has 1 saturated heterocycles. The molecule has 1 aromatic carbocycles. The first-order valence-corrected chi connectivity index (χ1v) is 9.51. The lowest BCUT2D eigenvalue weighted by Gasteiger charge is -2.12. The Morgan fingerprint density at radius 3 is 2.92 bits per heavy atom. The molecule has 0 saturated carbocycles. The predicted octanol–water partition coefficient (Wildman–Crippen LogP) is 3.88. The van der Waals surface area contributed by atoms with Crippen LogP contribution in [0.1, 0.15) is 12.2 Å². The average molecular weight is 371 g/mol. The van der Waals surface area contributed by atoms with Crippen LogP contribution in [0.15, 0.2) is 35.7 Å². The van der Waals surface area contributed by atoms with Crippen molar-refractivity contribution in [1.29, 1.82) is 0 Å². The van der Waals surface area contributed by atoms with E-state index < -0.39 is 0 Å². The number of fused-ring (bicyclic) bond motifs is 1. The summed E-state index contributed by atoms with van der Waals surface area (Å²) in [6.45, 7) is 2.52. The van der Waals surface area contributed by atoms with Crippen molar-refractivity contribution in [3.8, 4) is 11.1 Å². The zero-order valence-electron chi connectivity index (χ0n) is 14.6. The van der Waals surface area contributed by atoms with Crippen molar-refractivity contribution in [3.05, 3.63) is 41.5 Å².